The molecular weight excluding hydrogens is 568 g/mol. The van der Waals surface area contributed by atoms with Gasteiger partial charge in [-0.1, -0.05) is 138 Å². The van der Waals surface area contributed by atoms with Crippen LogP contribution in [0.5, 0.6) is 0 Å². The molecule has 0 radical (unpaired) electrons. The summed E-state index contributed by atoms with van der Waals surface area (Å²) in [7, 11) is -4.43. The summed E-state index contributed by atoms with van der Waals surface area (Å²) in [5.74, 6) is 0. The number of nitrogens with one attached hydrogen (secondary N) is 1. The van der Waals surface area contributed by atoms with Crippen LogP contribution in [0.15, 0.2) is 182 Å². The number of halogens is 1. The van der Waals surface area contributed by atoms with E-state index >= 15 is 0 Å². The van der Waals surface area contributed by atoms with E-state index in [9.17, 15) is 0 Å². The van der Waals surface area contributed by atoms with Crippen molar-refractivity contribution in [1.29, 1.82) is 0 Å². The lowest BCUT2D eigenvalue weighted by molar-refractivity contribution is 1.31. The average Bonchev–Trinajstić information content (AvgIpc) is 3.06. The second kappa shape index (κ2) is 14.1. The highest BCUT2D eigenvalue weighted by atomic mass is 35.5. The Morgan fingerprint density at radius 1 is 0.310 bits per heavy atom. The van der Waals surface area contributed by atoms with Crippen molar-refractivity contribution in [2.24, 2.45) is 0 Å². The highest BCUT2D eigenvalue weighted by molar-refractivity contribution is 8.00. The summed E-state index contributed by atoms with van der Waals surface area (Å²) < 4.78 is 0. The fraction of sp³-hybridized carbons (Fsp3) is 0.0526. The monoisotopic (exact) mass is 603 g/mol. The minimum Gasteiger partial charge on any atom is -0.147 e. The van der Waals surface area contributed by atoms with E-state index in [2.05, 4.69) is 187 Å². The van der Waals surface area contributed by atoms with Gasteiger partial charge in [0.05, 0.1) is 0 Å². The molecule has 0 unspecified atom stereocenters. The number of rotatable bonds is 10. The van der Waals surface area contributed by atoms with Crippen LogP contribution in [0.4, 0.5) is 0 Å². The second-order valence-electron chi connectivity index (χ2n) is 10.3. The van der Waals surface area contributed by atoms with Crippen molar-refractivity contribution in [1.82, 2.24) is 4.86 Å². The van der Waals surface area contributed by atoms with Crippen LogP contribution in [0.25, 0.3) is 0 Å². The minimum absolute atomic E-state index is 0. The lowest BCUT2D eigenvalue weighted by atomic mass is 10.2. The van der Waals surface area contributed by atoms with E-state index in [-0.39, 0.29) is 12.4 Å². The maximum atomic E-state index is 4.67. The Morgan fingerprint density at radius 3 is 0.762 bits per heavy atom. The van der Waals surface area contributed by atoms with Crippen LogP contribution in [-0.2, 0) is 12.3 Å². The highest BCUT2D eigenvalue weighted by Gasteiger charge is 2.57. The van der Waals surface area contributed by atoms with Crippen molar-refractivity contribution in [2.75, 3.05) is 0 Å². The summed E-state index contributed by atoms with van der Waals surface area (Å²) in [6.45, 7) is 0. The van der Waals surface area contributed by atoms with Gasteiger partial charge >= 0.3 is 0 Å². The number of hydrogen-bond donors (Lipinski definition) is 1. The Balaban J connectivity index is 0.00000353. The third-order valence-corrected chi connectivity index (χ3v) is 16.8. The van der Waals surface area contributed by atoms with Gasteiger partial charge in [0.2, 0.25) is 0 Å². The standard InChI is InChI=1S/C38H35NP2.ClH/c1-7-19-33(20-8-1)31-40(35-23-11-3-12-24-35,36-25-13-4-14-26-36)39-41(37-27-15-5-16-28-37,38-29-17-6-18-30-38)32-34-21-9-2-10-22-34;/h1-30,39H,31-32H2;1H/q+2;. The van der Waals surface area contributed by atoms with Gasteiger partial charge in [0, 0.05) is 0 Å². The first-order valence-corrected chi connectivity index (χ1v) is 18.1. The normalized spacial score (nSPS) is 11.4. The Kier molecular flexibility index (Phi) is 10.0. The summed E-state index contributed by atoms with van der Waals surface area (Å²) in [5, 5.41) is 5.50. The highest BCUT2D eigenvalue weighted by Crippen LogP contribution is 2.69. The average molecular weight is 604 g/mol. The molecule has 6 rings (SSSR count). The molecule has 0 heterocycles. The molecule has 6 aromatic carbocycles. The first kappa shape index (κ1) is 29.9. The van der Waals surface area contributed by atoms with Crippen molar-refractivity contribution in [3.63, 3.8) is 0 Å². The van der Waals surface area contributed by atoms with Gasteiger partial charge in [0.15, 0.2) is 14.8 Å². The Bertz CT molecular complexity index is 1430. The molecule has 0 bridgehead atoms. The van der Waals surface area contributed by atoms with Crippen LogP contribution < -0.4 is 26.1 Å². The summed E-state index contributed by atoms with van der Waals surface area (Å²) in [5.41, 5.74) is 2.69. The molecule has 0 saturated carbocycles. The minimum atomic E-state index is -2.21. The molecule has 0 amide bonds. The third-order valence-electron chi connectivity index (χ3n) is 7.65. The van der Waals surface area contributed by atoms with Gasteiger partial charge in [-0.2, -0.15) is 0 Å². The molecule has 0 aromatic heterocycles. The van der Waals surface area contributed by atoms with Crippen LogP contribution >= 0.6 is 27.2 Å². The molecule has 42 heavy (non-hydrogen) atoms. The maximum Gasteiger partial charge on any atom is 0.188 e. The molecule has 0 saturated heterocycles. The topological polar surface area (TPSA) is 12.0 Å². The van der Waals surface area contributed by atoms with Crippen molar-refractivity contribution >= 4 is 48.5 Å². The van der Waals surface area contributed by atoms with Crippen molar-refractivity contribution in [3.8, 4) is 0 Å². The summed E-state index contributed by atoms with van der Waals surface area (Å²) >= 11 is 0. The van der Waals surface area contributed by atoms with Crippen molar-refractivity contribution in [3.05, 3.63) is 193 Å². The maximum absolute atomic E-state index is 4.67. The van der Waals surface area contributed by atoms with Crippen LogP contribution in [0.1, 0.15) is 11.1 Å². The van der Waals surface area contributed by atoms with Gasteiger partial charge in [-0.15, -0.1) is 12.4 Å². The second-order valence-corrected chi connectivity index (χ2v) is 17.1. The molecule has 0 aliphatic heterocycles. The fourth-order valence-corrected chi connectivity index (χ4v) is 16.0. The lowest BCUT2D eigenvalue weighted by Crippen LogP contribution is -2.41. The van der Waals surface area contributed by atoms with E-state index in [1.165, 1.54) is 32.3 Å². The molecule has 6 aromatic rings. The van der Waals surface area contributed by atoms with Crippen LogP contribution in [0, 0.1) is 0 Å². The smallest absolute Gasteiger partial charge is 0.147 e. The molecule has 0 spiro atoms. The lowest BCUT2D eigenvalue weighted by Gasteiger charge is -2.35. The predicted octanol–water partition coefficient (Wildman–Crippen LogP) is 8.57. The third kappa shape index (κ3) is 6.42. The zero-order chi connectivity index (χ0) is 27.8. The predicted molar refractivity (Wildman–Crippen MR) is 189 cm³/mol. The number of benzene rings is 6. The first-order valence-electron chi connectivity index (χ1n) is 14.1. The molecule has 4 heteroatoms. The molecule has 0 fully saturated rings. The summed E-state index contributed by atoms with van der Waals surface area (Å²) in [6.07, 6.45) is 1.86. The van der Waals surface area contributed by atoms with Crippen molar-refractivity contribution < 1.29 is 0 Å². The Hall–Kier alpha value is -3.57. The van der Waals surface area contributed by atoms with Gasteiger partial charge in [-0.3, -0.25) is 0 Å². The molecule has 0 aliphatic carbocycles. The quantitative estimate of drug-likeness (QED) is 0.155. The van der Waals surface area contributed by atoms with Gasteiger partial charge in [-0.25, -0.2) is 0 Å². The van der Waals surface area contributed by atoms with E-state index in [4.69, 9.17) is 0 Å². The van der Waals surface area contributed by atoms with Crippen molar-refractivity contribution in [2.45, 2.75) is 12.3 Å². The van der Waals surface area contributed by atoms with Crippen LogP contribution in [0.3, 0.4) is 0 Å². The van der Waals surface area contributed by atoms with E-state index < -0.39 is 14.8 Å². The van der Waals surface area contributed by atoms with E-state index in [0.717, 1.165) is 12.3 Å². The molecule has 1 N–H and O–H groups in total. The van der Waals surface area contributed by atoms with Gasteiger partial charge < -0.3 is 0 Å². The van der Waals surface area contributed by atoms with Crippen LogP contribution in [-0.4, -0.2) is 0 Å². The first-order chi connectivity index (χ1) is 20.3. The van der Waals surface area contributed by atoms with Crippen LogP contribution in [0.2, 0.25) is 0 Å². The molecule has 0 atom stereocenters. The Labute approximate surface area is 257 Å². The largest absolute Gasteiger partial charge is 0.188 e. The Morgan fingerprint density at radius 2 is 0.524 bits per heavy atom. The van der Waals surface area contributed by atoms with E-state index in [0.29, 0.717) is 0 Å². The summed E-state index contributed by atoms with van der Waals surface area (Å²) in [6, 6.07) is 66.8. The molecule has 1 nitrogen and oxygen atoms in total. The summed E-state index contributed by atoms with van der Waals surface area (Å²) in [4.78, 5) is 4.67. The molecular formula is C38H36ClNP2+2. The zero-order valence-corrected chi connectivity index (χ0v) is 26.1. The zero-order valence-electron chi connectivity index (χ0n) is 23.5. The molecule has 0 aliphatic rings. The number of hydrogen-bond acceptors (Lipinski definition) is 1. The fourth-order valence-electron chi connectivity index (χ4n) is 5.70. The SMILES string of the molecule is Cl.c1ccc(C[P+](N[P+](Cc2ccccc2)(c2ccccc2)c2ccccc2)(c2ccccc2)c2ccccc2)cc1. The molecule has 208 valence electrons. The van der Waals surface area contributed by atoms with E-state index in [1.54, 1.807) is 0 Å². The van der Waals surface area contributed by atoms with Gasteiger partial charge in [0.1, 0.15) is 33.5 Å². The van der Waals surface area contributed by atoms with Gasteiger partial charge in [0.25, 0.3) is 0 Å². The van der Waals surface area contributed by atoms with E-state index in [1.807, 2.05) is 0 Å². The van der Waals surface area contributed by atoms with Gasteiger partial charge in [-0.05, 0) is 59.7 Å².